The van der Waals surface area contributed by atoms with Crippen molar-refractivity contribution in [2.75, 3.05) is 39.6 Å². The van der Waals surface area contributed by atoms with E-state index in [9.17, 15) is 48.0 Å². The van der Waals surface area contributed by atoms with Crippen LogP contribution in [0.5, 0.6) is 5.75 Å². The SMILES string of the molecule is CN(C)c1cc(C(=O)NCC(F)(F)F)c(O)c2c1C[C@H]1C[C@H]3[C@H](N(C)C)C(O)=C(C(N)=O)C(=N)[C@@]3(O)C(=O)C1=C2O. The van der Waals surface area contributed by atoms with Crippen molar-refractivity contribution >= 4 is 34.8 Å². The third-order valence-electron chi connectivity index (χ3n) is 7.93. The molecule has 12 nitrogen and oxygen atoms in total. The highest BCUT2D eigenvalue weighted by molar-refractivity contribution is 6.34. The zero-order chi connectivity index (χ0) is 30.9. The topological polar surface area (TPSA) is 201 Å². The van der Waals surface area contributed by atoms with Gasteiger partial charge in [-0.05, 0) is 44.5 Å². The smallest absolute Gasteiger partial charge is 0.405 e. The van der Waals surface area contributed by atoms with Gasteiger partial charge < -0.3 is 41.8 Å². The summed E-state index contributed by atoms with van der Waals surface area (Å²) in [6.45, 7) is -1.68. The van der Waals surface area contributed by atoms with Crippen LogP contribution in [0.4, 0.5) is 18.9 Å². The number of phenolic OH excluding ortho intramolecular Hbond substituents is 1. The molecule has 1 fully saturated rings. The van der Waals surface area contributed by atoms with E-state index in [0.717, 1.165) is 0 Å². The average molecular weight is 582 g/mol. The number of primary amides is 1. The van der Waals surface area contributed by atoms with Crippen molar-refractivity contribution in [1.29, 1.82) is 5.41 Å². The molecule has 0 bridgehead atoms. The summed E-state index contributed by atoms with van der Waals surface area (Å²) >= 11 is 0. The predicted octanol–water partition coefficient (Wildman–Crippen LogP) is 0.773. The van der Waals surface area contributed by atoms with Gasteiger partial charge in [-0.2, -0.15) is 13.2 Å². The maximum absolute atomic E-state index is 14.0. The van der Waals surface area contributed by atoms with Crippen molar-refractivity contribution in [3.05, 3.63) is 39.7 Å². The lowest BCUT2D eigenvalue weighted by Crippen LogP contribution is -2.67. The number of aliphatic hydroxyl groups excluding tert-OH is 2. The maximum Gasteiger partial charge on any atom is 0.405 e. The van der Waals surface area contributed by atoms with Crippen LogP contribution in [0.15, 0.2) is 23.0 Å². The summed E-state index contributed by atoms with van der Waals surface area (Å²) in [7, 11) is 6.21. The first kappa shape index (κ1) is 29.9. The number of phenols is 1. The third-order valence-corrected chi connectivity index (χ3v) is 7.93. The number of ketones is 1. The number of carbonyl (C=O) groups is 3. The Morgan fingerprint density at radius 1 is 1.20 bits per heavy atom. The van der Waals surface area contributed by atoms with Crippen molar-refractivity contribution in [2.45, 2.75) is 30.7 Å². The zero-order valence-corrected chi connectivity index (χ0v) is 22.5. The second-order valence-electron chi connectivity index (χ2n) is 10.8. The lowest BCUT2D eigenvalue weighted by Gasteiger charge is -2.51. The standard InChI is InChI=1S/C26H30F3N5O7/c1-33(2)13-7-11(24(40)32-8-25(27,28)29)18(35)15-10(13)5-9-6-12-17(34(3)4)20(37)16(23(31)39)21(30)26(12,41)22(38)14(9)19(15)36/h7,9,12,17,30,35-37,41H,5-6,8H2,1-4H3,(H2,31,39)(H,32,40)/t9-,12-,17-,26+/m0/s1. The van der Waals surface area contributed by atoms with Crippen LogP contribution in [-0.2, 0) is 16.0 Å². The second kappa shape index (κ2) is 9.76. The third kappa shape index (κ3) is 4.48. The van der Waals surface area contributed by atoms with Gasteiger partial charge >= 0.3 is 6.18 Å². The Morgan fingerprint density at radius 2 is 1.80 bits per heavy atom. The fourth-order valence-corrected chi connectivity index (χ4v) is 6.20. The monoisotopic (exact) mass is 581 g/mol. The van der Waals surface area contributed by atoms with E-state index in [-0.39, 0.29) is 29.7 Å². The van der Waals surface area contributed by atoms with E-state index in [4.69, 9.17) is 11.1 Å². The molecule has 222 valence electrons. The highest BCUT2D eigenvalue weighted by Gasteiger charge is 2.63. The Bertz CT molecular complexity index is 1450. The van der Waals surface area contributed by atoms with Gasteiger partial charge in [-0.15, -0.1) is 0 Å². The number of aliphatic hydroxyl groups is 3. The lowest BCUT2D eigenvalue weighted by molar-refractivity contribution is -0.138. The van der Waals surface area contributed by atoms with E-state index in [1.165, 1.54) is 30.0 Å². The summed E-state index contributed by atoms with van der Waals surface area (Å²) in [5.41, 5.74) is 0.174. The molecule has 3 aliphatic carbocycles. The molecule has 0 radical (unpaired) electrons. The Balaban J connectivity index is 1.93. The number of amides is 2. The summed E-state index contributed by atoms with van der Waals surface area (Å²) in [6.07, 6.45) is -4.81. The van der Waals surface area contributed by atoms with Crippen LogP contribution in [0.3, 0.4) is 0 Å². The average Bonchev–Trinajstić information content (AvgIpc) is 2.83. The van der Waals surface area contributed by atoms with Gasteiger partial charge in [0.05, 0.1) is 22.9 Å². The summed E-state index contributed by atoms with van der Waals surface area (Å²) in [4.78, 5) is 41.7. The minimum absolute atomic E-state index is 0.0147. The number of fused-ring (bicyclic) bond motifs is 3. The minimum atomic E-state index is -4.73. The molecule has 2 amide bonds. The Kier molecular flexibility index (Phi) is 7.11. The number of hydrogen-bond acceptors (Lipinski definition) is 10. The van der Waals surface area contributed by atoms with E-state index in [1.807, 2.05) is 0 Å². The number of aromatic hydroxyl groups is 1. The molecule has 3 aliphatic rings. The normalized spacial score (nSPS) is 26.0. The number of nitrogens with two attached hydrogens (primary N) is 1. The van der Waals surface area contributed by atoms with Crippen LogP contribution in [0, 0.1) is 17.2 Å². The number of likely N-dealkylation sites (N-methyl/N-ethyl adjacent to an activating group) is 1. The van der Waals surface area contributed by atoms with E-state index in [1.54, 1.807) is 19.4 Å². The lowest BCUT2D eigenvalue weighted by atomic mass is 9.56. The van der Waals surface area contributed by atoms with E-state index in [2.05, 4.69) is 0 Å². The molecule has 0 spiro atoms. The van der Waals surface area contributed by atoms with Crippen LogP contribution in [0.2, 0.25) is 0 Å². The first-order chi connectivity index (χ1) is 18.8. The van der Waals surface area contributed by atoms with Crippen molar-refractivity contribution < 1.29 is 48.0 Å². The van der Waals surface area contributed by atoms with Crippen LogP contribution < -0.4 is 16.0 Å². The molecule has 0 heterocycles. The van der Waals surface area contributed by atoms with Gasteiger partial charge in [0, 0.05) is 31.3 Å². The largest absolute Gasteiger partial charge is 0.510 e. The van der Waals surface area contributed by atoms with Crippen molar-refractivity contribution in [2.24, 2.45) is 17.6 Å². The van der Waals surface area contributed by atoms with Crippen molar-refractivity contribution in [3.8, 4) is 5.75 Å². The molecule has 4 atom stereocenters. The maximum atomic E-state index is 14.0. The molecule has 4 rings (SSSR count). The molecule has 1 aromatic rings. The fourth-order valence-electron chi connectivity index (χ4n) is 6.20. The first-order valence-corrected chi connectivity index (χ1v) is 12.4. The van der Waals surface area contributed by atoms with E-state index in [0.29, 0.717) is 0 Å². The number of anilines is 1. The van der Waals surface area contributed by atoms with Crippen LogP contribution in [0.25, 0.3) is 5.76 Å². The van der Waals surface area contributed by atoms with E-state index >= 15 is 0 Å². The summed E-state index contributed by atoms with van der Waals surface area (Å²) in [6, 6.07) is 0.0678. The van der Waals surface area contributed by atoms with Gasteiger partial charge in [0.15, 0.2) is 5.60 Å². The van der Waals surface area contributed by atoms with Gasteiger partial charge in [0.1, 0.15) is 29.4 Å². The zero-order valence-electron chi connectivity index (χ0n) is 22.5. The Morgan fingerprint density at radius 3 is 2.32 bits per heavy atom. The van der Waals surface area contributed by atoms with Gasteiger partial charge in [-0.3, -0.25) is 19.3 Å². The molecule has 41 heavy (non-hydrogen) atoms. The summed E-state index contributed by atoms with van der Waals surface area (Å²) in [5.74, 6) is -7.94. The van der Waals surface area contributed by atoms with Gasteiger partial charge in [0.2, 0.25) is 5.78 Å². The fraction of sp³-hybridized carbons (Fsp3) is 0.462. The highest BCUT2D eigenvalue weighted by Crippen LogP contribution is 2.53. The van der Waals surface area contributed by atoms with Gasteiger partial charge in [0.25, 0.3) is 11.8 Å². The number of hydrogen-bond donors (Lipinski definition) is 7. The molecule has 0 unspecified atom stereocenters. The van der Waals surface area contributed by atoms with Crippen LogP contribution in [0.1, 0.15) is 27.9 Å². The molecule has 0 aliphatic heterocycles. The number of halogens is 3. The number of Topliss-reactive ketones (excluding diaryl/α,β-unsaturated/α-hetero) is 1. The van der Waals surface area contributed by atoms with Crippen molar-refractivity contribution in [3.63, 3.8) is 0 Å². The highest BCUT2D eigenvalue weighted by atomic mass is 19.4. The Labute approximate surface area is 232 Å². The molecule has 1 aromatic carbocycles. The number of nitrogens with one attached hydrogen (secondary N) is 2. The predicted molar refractivity (Wildman–Crippen MR) is 140 cm³/mol. The second-order valence-corrected chi connectivity index (χ2v) is 10.8. The molecule has 0 aromatic heterocycles. The molecule has 15 heteroatoms. The molecule has 0 saturated heterocycles. The number of nitrogens with zero attached hydrogens (tertiary/aromatic N) is 2. The number of alkyl halides is 3. The van der Waals surface area contributed by atoms with Gasteiger partial charge in [-0.25, -0.2) is 0 Å². The van der Waals surface area contributed by atoms with Gasteiger partial charge in [-0.1, -0.05) is 0 Å². The van der Waals surface area contributed by atoms with Crippen LogP contribution >= 0.6 is 0 Å². The molecule has 8 N–H and O–H groups in total. The van der Waals surface area contributed by atoms with Crippen LogP contribution in [-0.4, -0.2) is 101 Å². The first-order valence-electron chi connectivity index (χ1n) is 12.4. The number of carbonyl (C=O) groups excluding carboxylic acids is 3. The van der Waals surface area contributed by atoms with E-state index < -0.39 is 93.5 Å². The Hall–Kier alpha value is -4.11. The quantitative estimate of drug-likeness (QED) is 0.262. The molecular weight excluding hydrogens is 551 g/mol. The number of rotatable bonds is 5. The molecular formula is C26H30F3N5O7. The summed E-state index contributed by atoms with van der Waals surface area (Å²) < 4.78 is 38.2. The summed E-state index contributed by atoms with van der Waals surface area (Å²) in [5, 5.41) is 55.2. The minimum Gasteiger partial charge on any atom is -0.510 e. The van der Waals surface area contributed by atoms with Crippen molar-refractivity contribution in [1.82, 2.24) is 10.2 Å². The number of benzene rings is 1. The molecule has 1 saturated carbocycles.